The van der Waals surface area contributed by atoms with Crippen LogP contribution in [-0.2, 0) is 6.42 Å². The first kappa shape index (κ1) is 13.7. The van der Waals surface area contributed by atoms with Crippen molar-refractivity contribution in [1.82, 2.24) is 5.32 Å². The second kappa shape index (κ2) is 5.93. The number of aryl methyl sites for hydroxylation is 1. The van der Waals surface area contributed by atoms with Gasteiger partial charge in [-0.1, -0.05) is 29.3 Å². The maximum atomic E-state index is 10.3. The molecular weight excluding hydrogens is 294 g/mol. The molecule has 1 atom stereocenters. The highest BCUT2D eigenvalue weighted by Gasteiger charge is 2.24. The van der Waals surface area contributed by atoms with Crippen LogP contribution < -0.4 is 10.1 Å². The molecule has 0 spiro atoms. The van der Waals surface area contributed by atoms with Crippen LogP contribution in [0.15, 0.2) is 10.5 Å². The van der Waals surface area contributed by atoms with Crippen LogP contribution in [0.25, 0.3) is 0 Å². The Kier molecular flexibility index (Phi) is 4.51. The summed E-state index contributed by atoms with van der Waals surface area (Å²) in [5.74, 6) is 0.832. The van der Waals surface area contributed by atoms with Crippen LogP contribution in [0, 0.1) is 0 Å². The fraction of sp³-hybridized carbons (Fsp3) is 0.571. The minimum Gasteiger partial charge on any atom is -0.504 e. The zero-order valence-corrected chi connectivity index (χ0v) is 12.5. The second-order valence-corrected chi connectivity index (χ2v) is 5.46. The number of hydrogen-bond donors (Lipinski definition) is 2. The Labute approximate surface area is 117 Å². The van der Waals surface area contributed by atoms with Gasteiger partial charge in [-0.25, -0.2) is 0 Å². The van der Waals surface area contributed by atoms with Crippen molar-refractivity contribution in [2.75, 3.05) is 13.7 Å². The summed E-state index contributed by atoms with van der Waals surface area (Å²) in [6.45, 7) is 3.11. The fourth-order valence-electron chi connectivity index (χ4n) is 2.53. The average molecular weight is 314 g/mol. The highest BCUT2D eigenvalue weighted by Crippen LogP contribution is 2.43. The molecule has 2 rings (SSSR count). The van der Waals surface area contributed by atoms with Gasteiger partial charge in [0.05, 0.1) is 7.11 Å². The van der Waals surface area contributed by atoms with E-state index in [0.717, 1.165) is 29.4 Å². The summed E-state index contributed by atoms with van der Waals surface area (Å²) in [4.78, 5) is 0. The monoisotopic (exact) mass is 313 g/mol. The number of rotatable bonds is 3. The first-order valence-electron chi connectivity index (χ1n) is 6.50. The Morgan fingerprint density at radius 3 is 2.83 bits per heavy atom. The third-order valence-corrected chi connectivity index (χ3v) is 4.51. The van der Waals surface area contributed by atoms with E-state index in [0.29, 0.717) is 5.75 Å². The van der Waals surface area contributed by atoms with Gasteiger partial charge in [0.25, 0.3) is 0 Å². The molecule has 0 aliphatic carbocycles. The lowest BCUT2D eigenvalue weighted by atomic mass is 9.94. The third kappa shape index (κ3) is 2.50. The van der Waals surface area contributed by atoms with Crippen molar-refractivity contribution in [3.63, 3.8) is 0 Å². The Balaban J connectivity index is 2.48. The van der Waals surface area contributed by atoms with E-state index >= 15 is 0 Å². The Morgan fingerprint density at radius 1 is 1.50 bits per heavy atom. The van der Waals surface area contributed by atoms with Gasteiger partial charge in [-0.3, -0.25) is 0 Å². The number of benzene rings is 1. The quantitative estimate of drug-likeness (QED) is 0.896. The molecule has 1 heterocycles. The van der Waals surface area contributed by atoms with Crippen molar-refractivity contribution in [2.24, 2.45) is 0 Å². The van der Waals surface area contributed by atoms with Crippen LogP contribution in [0.3, 0.4) is 0 Å². The zero-order chi connectivity index (χ0) is 13.1. The zero-order valence-electron chi connectivity index (χ0n) is 10.9. The molecule has 0 aromatic heterocycles. The Morgan fingerprint density at radius 2 is 2.28 bits per heavy atom. The van der Waals surface area contributed by atoms with Crippen molar-refractivity contribution in [2.45, 2.75) is 38.6 Å². The molecule has 1 aromatic carbocycles. The third-order valence-electron chi connectivity index (χ3n) is 3.57. The Bertz CT molecular complexity index is 400. The van der Waals surface area contributed by atoms with Crippen LogP contribution in [0.1, 0.15) is 43.4 Å². The standard InChI is InChI=1S/C14H20BrNO2/c1-3-9-8-11(18-2)14(17)12(13(9)15)10-6-4-5-7-16-10/h8,10,16-17H,3-7H2,1-2H3. The summed E-state index contributed by atoms with van der Waals surface area (Å²) in [5, 5.41) is 13.8. The van der Waals surface area contributed by atoms with Crippen molar-refractivity contribution >= 4 is 15.9 Å². The number of hydrogen-bond acceptors (Lipinski definition) is 3. The van der Waals surface area contributed by atoms with Gasteiger partial charge in [0.1, 0.15) is 0 Å². The van der Waals surface area contributed by atoms with Crippen LogP contribution in [0.4, 0.5) is 0 Å². The first-order valence-corrected chi connectivity index (χ1v) is 7.30. The molecule has 1 aliphatic heterocycles. The van der Waals surface area contributed by atoms with Gasteiger partial charge >= 0.3 is 0 Å². The van der Waals surface area contributed by atoms with Gasteiger partial charge < -0.3 is 15.2 Å². The highest BCUT2D eigenvalue weighted by molar-refractivity contribution is 9.10. The predicted molar refractivity (Wildman–Crippen MR) is 76.3 cm³/mol. The number of nitrogens with one attached hydrogen (secondary N) is 1. The molecule has 0 saturated carbocycles. The van der Waals surface area contributed by atoms with Crippen molar-refractivity contribution in [3.05, 3.63) is 21.7 Å². The molecule has 1 saturated heterocycles. The van der Waals surface area contributed by atoms with Crippen LogP contribution in [0.5, 0.6) is 11.5 Å². The van der Waals surface area contributed by atoms with E-state index < -0.39 is 0 Å². The van der Waals surface area contributed by atoms with E-state index in [1.54, 1.807) is 7.11 Å². The first-order chi connectivity index (χ1) is 8.69. The van der Waals surface area contributed by atoms with Gasteiger partial charge in [-0.05, 0) is 37.4 Å². The predicted octanol–water partition coefficient (Wildman–Crippen LogP) is 3.54. The molecule has 4 heteroatoms. The summed E-state index contributed by atoms with van der Waals surface area (Å²) in [5.41, 5.74) is 2.12. The normalized spacial score (nSPS) is 19.8. The van der Waals surface area contributed by atoms with E-state index in [1.165, 1.54) is 18.4 Å². The van der Waals surface area contributed by atoms with Gasteiger partial charge in [0.2, 0.25) is 0 Å². The SMILES string of the molecule is CCc1cc(OC)c(O)c(C2CCCCN2)c1Br. The van der Waals surface area contributed by atoms with E-state index in [2.05, 4.69) is 28.2 Å². The topological polar surface area (TPSA) is 41.5 Å². The molecule has 0 amide bonds. The second-order valence-electron chi connectivity index (χ2n) is 4.67. The summed E-state index contributed by atoms with van der Waals surface area (Å²) < 4.78 is 6.29. The fourth-order valence-corrected chi connectivity index (χ4v) is 3.39. The molecule has 1 aliphatic rings. The lowest BCUT2D eigenvalue weighted by Gasteiger charge is -2.27. The molecule has 0 bridgehead atoms. The number of piperidine rings is 1. The van der Waals surface area contributed by atoms with Crippen LogP contribution in [0.2, 0.25) is 0 Å². The van der Waals surface area contributed by atoms with Gasteiger partial charge in [-0.15, -0.1) is 0 Å². The number of phenolic OH excluding ortho intramolecular Hbond substituents is 1. The summed E-state index contributed by atoms with van der Waals surface area (Å²) in [6, 6.07) is 2.12. The number of ether oxygens (including phenoxy) is 1. The molecule has 2 N–H and O–H groups in total. The maximum Gasteiger partial charge on any atom is 0.163 e. The van der Waals surface area contributed by atoms with Crippen LogP contribution >= 0.6 is 15.9 Å². The molecule has 18 heavy (non-hydrogen) atoms. The number of phenols is 1. The van der Waals surface area contributed by atoms with E-state index in [9.17, 15) is 5.11 Å². The molecule has 1 fully saturated rings. The van der Waals surface area contributed by atoms with Crippen molar-refractivity contribution in [3.8, 4) is 11.5 Å². The molecular formula is C14H20BrNO2. The largest absolute Gasteiger partial charge is 0.504 e. The minimum absolute atomic E-state index is 0.216. The van der Waals surface area contributed by atoms with E-state index in [4.69, 9.17) is 4.74 Å². The van der Waals surface area contributed by atoms with E-state index in [-0.39, 0.29) is 11.8 Å². The number of halogens is 1. The molecule has 0 radical (unpaired) electrons. The Hall–Kier alpha value is -0.740. The lowest BCUT2D eigenvalue weighted by molar-refractivity contribution is 0.353. The summed E-state index contributed by atoms with van der Waals surface area (Å²) in [6.07, 6.45) is 4.38. The highest BCUT2D eigenvalue weighted by atomic mass is 79.9. The summed E-state index contributed by atoms with van der Waals surface area (Å²) in [7, 11) is 1.60. The van der Waals surface area contributed by atoms with Gasteiger partial charge in [0, 0.05) is 16.1 Å². The molecule has 100 valence electrons. The van der Waals surface area contributed by atoms with E-state index in [1.807, 2.05) is 6.07 Å². The van der Waals surface area contributed by atoms with Gasteiger partial charge in [0.15, 0.2) is 11.5 Å². The van der Waals surface area contributed by atoms with Crippen molar-refractivity contribution in [1.29, 1.82) is 0 Å². The molecule has 3 nitrogen and oxygen atoms in total. The number of methoxy groups -OCH3 is 1. The van der Waals surface area contributed by atoms with Crippen molar-refractivity contribution < 1.29 is 9.84 Å². The smallest absolute Gasteiger partial charge is 0.163 e. The number of aromatic hydroxyl groups is 1. The van der Waals surface area contributed by atoms with Crippen LogP contribution in [-0.4, -0.2) is 18.8 Å². The average Bonchev–Trinajstić information content (AvgIpc) is 2.40. The maximum absolute atomic E-state index is 10.3. The molecule has 1 aromatic rings. The molecule has 1 unspecified atom stereocenters. The summed E-state index contributed by atoms with van der Waals surface area (Å²) >= 11 is 3.64. The minimum atomic E-state index is 0.216. The lowest BCUT2D eigenvalue weighted by Crippen LogP contribution is -2.27. The van der Waals surface area contributed by atoms with Gasteiger partial charge in [-0.2, -0.15) is 0 Å².